The molecule has 2 aromatic rings. The molecule has 0 aliphatic heterocycles. The summed E-state index contributed by atoms with van der Waals surface area (Å²) < 4.78 is 5.58. The Bertz CT molecular complexity index is 544. The molecule has 0 spiro atoms. The largest absolute Gasteiger partial charge is 0.441 e. The normalized spacial score (nSPS) is 14.5. The second-order valence-corrected chi connectivity index (χ2v) is 5.32. The molecule has 0 saturated carbocycles. The fourth-order valence-corrected chi connectivity index (χ4v) is 1.84. The number of benzene rings is 1. The molecule has 0 aliphatic carbocycles. The number of hydrogen-bond acceptors (Lipinski definition) is 4. The molecule has 2 N–H and O–H groups in total. The minimum atomic E-state index is -0.0899. The number of aliphatic hydroxyl groups is 1. The molecule has 0 aliphatic rings. The highest BCUT2D eigenvalue weighted by Gasteiger charge is 2.20. The molecule has 0 bridgehead atoms. The summed E-state index contributed by atoms with van der Waals surface area (Å²) in [4.78, 5) is 4.42. The number of oxazole rings is 1. The quantitative estimate of drug-likeness (QED) is 0.839. The Morgan fingerprint density at radius 3 is 2.79 bits per heavy atom. The molecule has 1 heterocycles. The van der Waals surface area contributed by atoms with Crippen molar-refractivity contribution in [3.8, 4) is 0 Å². The van der Waals surface area contributed by atoms with Gasteiger partial charge in [-0.05, 0) is 24.6 Å². The number of nitrogens with zero attached hydrogens (tertiary/aromatic N) is 1. The van der Waals surface area contributed by atoms with Crippen molar-refractivity contribution >= 4 is 16.8 Å². The second kappa shape index (κ2) is 5.61. The molecule has 0 amide bonds. The van der Waals surface area contributed by atoms with Crippen LogP contribution in [-0.4, -0.2) is 23.2 Å². The molecule has 2 rings (SSSR count). The van der Waals surface area contributed by atoms with Gasteiger partial charge in [-0.15, -0.1) is 0 Å². The third-order valence-corrected chi connectivity index (χ3v) is 3.69. The number of anilines is 1. The van der Waals surface area contributed by atoms with E-state index >= 15 is 0 Å². The van der Waals surface area contributed by atoms with Crippen molar-refractivity contribution in [2.45, 2.75) is 33.6 Å². The van der Waals surface area contributed by atoms with Gasteiger partial charge in [-0.1, -0.05) is 20.8 Å². The van der Waals surface area contributed by atoms with Gasteiger partial charge in [0.15, 0.2) is 11.5 Å². The van der Waals surface area contributed by atoms with Crippen LogP contribution in [0.4, 0.5) is 5.69 Å². The molecule has 4 nitrogen and oxygen atoms in total. The summed E-state index contributed by atoms with van der Waals surface area (Å²) in [7, 11) is 0. The van der Waals surface area contributed by atoms with Crippen LogP contribution in [0.1, 0.15) is 33.1 Å². The fourth-order valence-electron chi connectivity index (χ4n) is 1.84. The average Bonchev–Trinajstić information content (AvgIpc) is 2.87. The monoisotopic (exact) mass is 262 g/mol. The Morgan fingerprint density at radius 1 is 1.37 bits per heavy atom. The smallest absolute Gasteiger partial charge is 0.195 e. The van der Waals surface area contributed by atoms with E-state index in [1.165, 1.54) is 0 Å². The maximum absolute atomic E-state index is 9.40. The van der Waals surface area contributed by atoms with Crippen molar-refractivity contribution in [2.75, 3.05) is 18.5 Å². The summed E-state index contributed by atoms with van der Waals surface area (Å²) in [6, 6.07) is 5.91. The Balaban J connectivity index is 2.13. The van der Waals surface area contributed by atoms with E-state index in [0.29, 0.717) is 0 Å². The predicted octanol–water partition coefficient (Wildman–Crippen LogP) is 3.21. The molecule has 4 heteroatoms. The lowest BCUT2D eigenvalue weighted by atomic mass is 9.88. The molecule has 0 radical (unpaired) electrons. The first-order valence-electron chi connectivity index (χ1n) is 6.84. The fraction of sp³-hybridized carbons (Fsp3) is 0.533. The SMILES string of the molecule is CCc1nc2cc(NCC(C)(CC)CO)ccc2o1. The van der Waals surface area contributed by atoms with Gasteiger partial charge < -0.3 is 14.8 Å². The van der Waals surface area contributed by atoms with Crippen molar-refractivity contribution < 1.29 is 9.52 Å². The van der Waals surface area contributed by atoms with E-state index < -0.39 is 0 Å². The van der Waals surface area contributed by atoms with E-state index in [-0.39, 0.29) is 12.0 Å². The molecule has 1 aromatic carbocycles. The molecular formula is C15H22N2O2. The van der Waals surface area contributed by atoms with Crippen molar-refractivity contribution in [1.29, 1.82) is 0 Å². The number of aryl methyl sites for hydroxylation is 1. The van der Waals surface area contributed by atoms with Crippen molar-refractivity contribution in [1.82, 2.24) is 4.98 Å². The second-order valence-electron chi connectivity index (χ2n) is 5.32. The standard InChI is InChI=1S/C15H22N2O2/c1-4-14-17-12-8-11(6-7-13(12)19-14)16-9-15(3,5-2)10-18/h6-8,16,18H,4-5,9-10H2,1-3H3. The number of aliphatic hydroxyl groups excluding tert-OH is 1. The van der Waals surface area contributed by atoms with Crippen LogP contribution in [0.3, 0.4) is 0 Å². The summed E-state index contributed by atoms with van der Waals surface area (Å²) in [6.07, 6.45) is 1.73. The number of aromatic nitrogens is 1. The van der Waals surface area contributed by atoms with Crippen molar-refractivity contribution in [3.05, 3.63) is 24.1 Å². The topological polar surface area (TPSA) is 58.3 Å². The number of rotatable bonds is 6. The van der Waals surface area contributed by atoms with E-state index in [9.17, 15) is 5.11 Å². The Labute approximate surface area is 113 Å². The lowest BCUT2D eigenvalue weighted by Crippen LogP contribution is -2.29. The zero-order valence-electron chi connectivity index (χ0n) is 11.9. The summed E-state index contributed by atoms with van der Waals surface area (Å²) in [6.45, 7) is 7.11. The van der Waals surface area contributed by atoms with Gasteiger partial charge in [0, 0.05) is 24.1 Å². The van der Waals surface area contributed by atoms with Crippen molar-refractivity contribution in [2.24, 2.45) is 5.41 Å². The Morgan fingerprint density at radius 2 is 2.16 bits per heavy atom. The van der Waals surface area contributed by atoms with E-state index in [2.05, 4.69) is 24.1 Å². The van der Waals surface area contributed by atoms with Gasteiger partial charge in [0.25, 0.3) is 0 Å². The van der Waals surface area contributed by atoms with Crippen LogP contribution in [0.2, 0.25) is 0 Å². The van der Waals surface area contributed by atoms with Crippen LogP contribution >= 0.6 is 0 Å². The van der Waals surface area contributed by atoms with Gasteiger partial charge >= 0.3 is 0 Å². The Kier molecular flexibility index (Phi) is 4.10. The highest BCUT2D eigenvalue weighted by Crippen LogP contribution is 2.24. The summed E-state index contributed by atoms with van der Waals surface area (Å²) in [5.41, 5.74) is 2.62. The van der Waals surface area contributed by atoms with Gasteiger partial charge in [-0.3, -0.25) is 0 Å². The van der Waals surface area contributed by atoms with Gasteiger partial charge in [-0.25, -0.2) is 4.98 Å². The highest BCUT2D eigenvalue weighted by molar-refractivity contribution is 5.77. The van der Waals surface area contributed by atoms with Crippen molar-refractivity contribution in [3.63, 3.8) is 0 Å². The van der Waals surface area contributed by atoms with Gasteiger partial charge in [0.1, 0.15) is 5.52 Å². The minimum absolute atomic E-state index is 0.0899. The van der Waals surface area contributed by atoms with Crippen LogP contribution in [0.15, 0.2) is 22.6 Å². The van der Waals surface area contributed by atoms with Crippen LogP contribution in [0, 0.1) is 5.41 Å². The number of nitrogens with one attached hydrogen (secondary N) is 1. The summed E-state index contributed by atoms with van der Waals surface area (Å²) >= 11 is 0. The van der Waals surface area contributed by atoms with Crippen LogP contribution < -0.4 is 5.32 Å². The first kappa shape index (κ1) is 13.9. The first-order valence-corrected chi connectivity index (χ1v) is 6.84. The van der Waals surface area contributed by atoms with Gasteiger partial charge in [0.2, 0.25) is 0 Å². The Hall–Kier alpha value is -1.55. The van der Waals surface area contributed by atoms with Gasteiger partial charge in [0.05, 0.1) is 6.61 Å². The van der Waals surface area contributed by atoms with Gasteiger partial charge in [-0.2, -0.15) is 0 Å². The molecule has 104 valence electrons. The predicted molar refractivity (Wildman–Crippen MR) is 77.4 cm³/mol. The third kappa shape index (κ3) is 3.07. The molecule has 1 unspecified atom stereocenters. The average molecular weight is 262 g/mol. The van der Waals surface area contributed by atoms with Crippen LogP contribution in [0.25, 0.3) is 11.1 Å². The molecular weight excluding hydrogens is 240 g/mol. The molecule has 0 fully saturated rings. The molecule has 19 heavy (non-hydrogen) atoms. The maximum atomic E-state index is 9.40. The highest BCUT2D eigenvalue weighted by atomic mass is 16.3. The number of fused-ring (bicyclic) bond motifs is 1. The van der Waals surface area contributed by atoms with E-state index in [1.54, 1.807) is 0 Å². The molecule has 1 aromatic heterocycles. The maximum Gasteiger partial charge on any atom is 0.195 e. The zero-order valence-corrected chi connectivity index (χ0v) is 11.9. The summed E-state index contributed by atoms with van der Waals surface area (Å²) in [5.74, 6) is 0.765. The van der Waals surface area contributed by atoms with E-state index in [4.69, 9.17) is 4.42 Å². The molecule has 0 saturated heterocycles. The lowest BCUT2D eigenvalue weighted by Gasteiger charge is -2.26. The summed E-state index contributed by atoms with van der Waals surface area (Å²) in [5, 5.41) is 12.8. The lowest BCUT2D eigenvalue weighted by molar-refractivity contribution is 0.149. The van der Waals surface area contributed by atoms with Crippen LogP contribution in [0.5, 0.6) is 0 Å². The minimum Gasteiger partial charge on any atom is -0.441 e. The van der Waals surface area contributed by atoms with Crippen LogP contribution in [-0.2, 0) is 6.42 Å². The van der Waals surface area contributed by atoms with E-state index in [0.717, 1.165) is 42.1 Å². The third-order valence-electron chi connectivity index (χ3n) is 3.69. The molecule has 1 atom stereocenters. The van der Waals surface area contributed by atoms with E-state index in [1.807, 2.05) is 25.1 Å². The number of hydrogen-bond donors (Lipinski definition) is 2. The zero-order chi connectivity index (χ0) is 13.9. The first-order chi connectivity index (χ1) is 9.10.